The van der Waals surface area contributed by atoms with E-state index in [1.165, 1.54) is 0 Å². The lowest BCUT2D eigenvalue weighted by Crippen LogP contribution is -2.46. The number of rotatable bonds is 4. The van der Waals surface area contributed by atoms with E-state index in [0.717, 1.165) is 10.9 Å². The summed E-state index contributed by atoms with van der Waals surface area (Å²) in [7, 11) is 0. The topological polar surface area (TPSA) is 77.6 Å². The maximum Gasteiger partial charge on any atom is 0.352 e. The monoisotopic (exact) mass is 365 g/mol. The van der Waals surface area contributed by atoms with Gasteiger partial charge in [0.05, 0.1) is 0 Å². The highest BCUT2D eigenvalue weighted by Gasteiger charge is 2.37. The molecule has 0 saturated carbocycles. The minimum atomic E-state index is -0.940. The van der Waals surface area contributed by atoms with Crippen LogP contribution in [-0.4, -0.2) is 35.0 Å². The van der Waals surface area contributed by atoms with Gasteiger partial charge in [-0.1, -0.05) is 30.3 Å². The van der Waals surface area contributed by atoms with E-state index < -0.39 is 24.3 Å². The number of aromatic nitrogens is 1. The van der Waals surface area contributed by atoms with Crippen molar-refractivity contribution in [2.45, 2.75) is 32.2 Å². The number of aromatic amines is 1. The Kier molecular flexibility index (Phi) is 4.32. The van der Waals surface area contributed by atoms with Crippen molar-refractivity contribution in [2.24, 2.45) is 0 Å². The largest absolute Gasteiger partial charge is 0.482 e. The van der Waals surface area contributed by atoms with Crippen molar-refractivity contribution in [3.8, 4) is 11.5 Å². The molecule has 27 heavy (non-hydrogen) atoms. The average Bonchev–Trinajstić information content (AvgIpc) is 3.10. The van der Waals surface area contributed by atoms with E-state index in [0.29, 0.717) is 17.1 Å². The van der Waals surface area contributed by atoms with Crippen LogP contribution < -0.4 is 9.47 Å². The molecular formula is C21H19NO5. The van der Waals surface area contributed by atoms with Crippen LogP contribution in [0.25, 0.3) is 10.9 Å². The lowest BCUT2D eigenvalue weighted by Gasteiger charge is -2.30. The summed E-state index contributed by atoms with van der Waals surface area (Å²) in [5, 5.41) is 0.796. The number of esters is 1. The second-order valence-electron chi connectivity index (χ2n) is 6.50. The van der Waals surface area contributed by atoms with E-state index in [1.807, 2.05) is 30.3 Å². The quantitative estimate of drug-likeness (QED) is 0.565. The van der Waals surface area contributed by atoms with Gasteiger partial charge in [-0.15, -0.1) is 0 Å². The molecule has 0 fully saturated rings. The van der Waals surface area contributed by atoms with Crippen molar-refractivity contribution >= 4 is 22.7 Å². The molecule has 6 heteroatoms. The number of ketones is 1. The molecule has 0 bridgehead atoms. The molecule has 0 radical (unpaired) electrons. The second-order valence-corrected chi connectivity index (χ2v) is 6.50. The van der Waals surface area contributed by atoms with E-state index in [9.17, 15) is 9.59 Å². The Morgan fingerprint density at radius 3 is 2.48 bits per heavy atom. The molecular weight excluding hydrogens is 346 g/mol. The van der Waals surface area contributed by atoms with Crippen molar-refractivity contribution in [2.75, 3.05) is 0 Å². The number of nitrogens with one attached hydrogen (secondary N) is 1. The van der Waals surface area contributed by atoms with Crippen LogP contribution in [0.4, 0.5) is 0 Å². The van der Waals surface area contributed by atoms with Crippen LogP contribution in [-0.2, 0) is 9.53 Å². The number of Topliss-reactive ketones (excluding diaryl/α,β-unsaturated/α-hetero) is 1. The van der Waals surface area contributed by atoms with Gasteiger partial charge in [-0.2, -0.15) is 0 Å². The van der Waals surface area contributed by atoms with Crippen LogP contribution in [0.15, 0.2) is 54.7 Å². The molecule has 1 aromatic heterocycles. The van der Waals surface area contributed by atoms with Crippen molar-refractivity contribution in [1.82, 2.24) is 4.98 Å². The number of para-hydroxylation sites is 3. The summed E-state index contributed by atoms with van der Waals surface area (Å²) in [6.45, 7) is 3.29. The minimum absolute atomic E-state index is 0.273. The van der Waals surface area contributed by atoms with Crippen LogP contribution in [0.3, 0.4) is 0 Å². The van der Waals surface area contributed by atoms with Crippen molar-refractivity contribution in [3.63, 3.8) is 0 Å². The van der Waals surface area contributed by atoms with Crippen LogP contribution in [0.5, 0.6) is 11.5 Å². The zero-order valence-electron chi connectivity index (χ0n) is 15.0. The van der Waals surface area contributed by atoms with Gasteiger partial charge in [0.25, 0.3) is 0 Å². The molecule has 2 heterocycles. The number of hydrogen-bond donors (Lipinski definition) is 1. The molecule has 0 amide bonds. The molecule has 0 saturated heterocycles. The Bertz CT molecular complexity index is 1010. The first kappa shape index (κ1) is 17.1. The first-order chi connectivity index (χ1) is 13.0. The molecule has 138 valence electrons. The van der Waals surface area contributed by atoms with Crippen LogP contribution in [0.2, 0.25) is 0 Å². The van der Waals surface area contributed by atoms with Gasteiger partial charge >= 0.3 is 5.97 Å². The van der Waals surface area contributed by atoms with Crippen LogP contribution in [0, 0.1) is 0 Å². The summed E-state index contributed by atoms with van der Waals surface area (Å²) in [4.78, 5) is 28.4. The second kappa shape index (κ2) is 6.79. The van der Waals surface area contributed by atoms with Gasteiger partial charge in [0, 0.05) is 22.7 Å². The maximum absolute atomic E-state index is 12.7. The predicted octanol–water partition coefficient (Wildman–Crippen LogP) is 3.51. The van der Waals surface area contributed by atoms with Crippen LogP contribution >= 0.6 is 0 Å². The fourth-order valence-corrected chi connectivity index (χ4v) is 3.17. The average molecular weight is 365 g/mol. The van der Waals surface area contributed by atoms with E-state index >= 15 is 0 Å². The van der Waals surface area contributed by atoms with E-state index in [1.54, 1.807) is 38.2 Å². The number of benzene rings is 2. The van der Waals surface area contributed by atoms with Crippen LogP contribution in [0.1, 0.15) is 24.2 Å². The normalized spacial score (nSPS) is 19.5. The summed E-state index contributed by atoms with van der Waals surface area (Å²) >= 11 is 0. The lowest BCUT2D eigenvalue weighted by atomic mass is 10.1. The smallest absolute Gasteiger partial charge is 0.352 e. The SMILES string of the molecule is C[C@H](OC(=O)[C@@H]1Oc2ccccc2O[C@H]1C)C(=O)c1c[nH]c2ccccc12. The zero-order valence-corrected chi connectivity index (χ0v) is 15.0. The van der Waals surface area contributed by atoms with Gasteiger partial charge < -0.3 is 19.2 Å². The molecule has 2 aromatic carbocycles. The summed E-state index contributed by atoms with van der Waals surface area (Å²) in [5.74, 6) is 0.161. The molecule has 4 rings (SSSR count). The maximum atomic E-state index is 12.7. The van der Waals surface area contributed by atoms with E-state index in [4.69, 9.17) is 14.2 Å². The highest BCUT2D eigenvalue weighted by atomic mass is 16.6. The van der Waals surface area contributed by atoms with Gasteiger partial charge in [-0.25, -0.2) is 4.79 Å². The summed E-state index contributed by atoms with van der Waals surface area (Å²) in [6.07, 6.45) is -0.762. The van der Waals surface area contributed by atoms with Crippen molar-refractivity contribution in [3.05, 3.63) is 60.3 Å². The van der Waals surface area contributed by atoms with E-state index in [2.05, 4.69) is 4.98 Å². The Labute approximate surface area is 156 Å². The predicted molar refractivity (Wildman–Crippen MR) is 99.1 cm³/mol. The van der Waals surface area contributed by atoms with Gasteiger partial charge in [0.15, 0.2) is 17.6 Å². The molecule has 1 N–H and O–H groups in total. The van der Waals surface area contributed by atoms with Crippen molar-refractivity contribution in [1.29, 1.82) is 0 Å². The molecule has 1 aliphatic rings. The molecule has 1 aliphatic heterocycles. The molecule has 0 unspecified atom stereocenters. The molecule has 6 nitrogen and oxygen atoms in total. The number of ether oxygens (including phenoxy) is 3. The summed E-state index contributed by atoms with van der Waals surface area (Å²) < 4.78 is 16.9. The molecule has 3 atom stereocenters. The summed E-state index contributed by atoms with van der Waals surface area (Å²) in [6, 6.07) is 14.6. The first-order valence-corrected chi connectivity index (χ1v) is 8.78. The highest BCUT2D eigenvalue weighted by molar-refractivity contribution is 6.10. The Balaban J connectivity index is 1.48. The Hall–Kier alpha value is -3.28. The van der Waals surface area contributed by atoms with Crippen molar-refractivity contribution < 1.29 is 23.8 Å². The summed E-state index contributed by atoms with van der Waals surface area (Å²) in [5.41, 5.74) is 1.35. The third kappa shape index (κ3) is 3.14. The van der Waals surface area contributed by atoms with E-state index in [-0.39, 0.29) is 5.78 Å². The Morgan fingerprint density at radius 2 is 1.70 bits per heavy atom. The van der Waals surface area contributed by atoms with Gasteiger partial charge in [-0.3, -0.25) is 4.79 Å². The molecule has 0 spiro atoms. The first-order valence-electron chi connectivity index (χ1n) is 8.78. The number of H-pyrrole nitrogens is 1. The number of fused-ring (bicyclic) bond motifs is 2. The minimum Gasteiger partial charge on any atom is -0.482 e. The van der Waals surface area contributed by atoms with Gasteiger partial charge in [0.2, 0.25) is 11.9 Å². The third-order valence-electron chi connectivity index (χ3n) is 4.59. The lowest BCUT2D eigenvalue weighted by molar-refractivity contribution is -0.160. The molecule has 3 aromatic rings. The van der Waals surface area contributed by atoms with Gasteiger partial charge in [-0.05, 0) is 32.0 Å². The number of carbonyl (C=O) groups is 2. The highest BCUT2D eigenvalue weighted by Crippen LogP contribution is 2.34. The fraction of sp³-hybridized carbons (Fsp3) is 0.238. The fourth-order valence-electron chi connectivity index (χ4n) is 3.17. The van der Waals surface area contributed by atoms with Gasteiger partial charge in [0.1, 0.15) is 6.10 Å². The molecule has 0 aliphatic carbocycles. The Morgan fingerprint density at radius 1 is 1.04 bits per heavy atom. The standard InChI is InChI=1S/C21H19NO5/c1-12(19(23)15-11-22-16-8-4-3-7-14(15)16)26-21(24)20-13(2)25-17-9-5-6-10-18(17)27-20/h3-13,20,22H,1-2H3/t12-,13-,20+/m0/s1. The number of carbonyl (C=O) groups excluding carboxylic acids is 2. The third-order valence-corrected chi connectivity index (χ3v) is 4.59. The number of hydrogen-bond acceptors (Lipinski definition) is 5. The zero-order chi connectivity index (χ0) is 19.0.